The zero-order valence-electron chi connectivity index (χ0n) is 17.5. The maximum Gasteiger partial charge on any atom is 0.267 e. The van der Waals surface area contributed by atoms with Crippen LogP contribution in [0.2, 0.25) is 5.02 Å². The number of amidine groups is 1. The molecule has 7 heteroatoms. The summed E-state index contributed by atoms with van der Waals surface area (Å²) in [6.45, 7) is 1.98. The van der Waals surface area contributed by atoms with E-state index < -0.39 is 0 Å². The smallest absolute Gasteiger partial charge is 0.267 e. The number of aromatic hydroxyl groups is 1. The third kappa shape index (κ3) is 4.52. The Morgan fingerprint density at radius 3 is 2.41 bits per heavy atom. The normalized spacial score (nSPS) is 17.2. The van der Waals surface area contributed by atoms with Crippen LogP contribution >= 0.6 is 23.4 Å². The van der Waals surface area contributed by atoms with Crippen molar-refractivity contribution in [3.63, 3.8) is 0 Å². The van der Waals surface area contributed by atoms with Gasteiger partial charge < -0.3 is 9.84 Å². The maximum atomic E-state index is 13.5. The molecule has 1 fully saturated rings. The van der Waals surface area contributed by atoms with E-state index in [1.165, 1.54) is 18.9 Å². The zero-order valence-corrected chi connectivity index (χ0v) is 19.1. The second-order valence-corrected chi connectivity index (χ2v) is 8.57. The first-order valence-corrected chi connectivity index (χ1v) is 11.2. The van der Waals surface area contributed by atoms with Crippen LogP contribution in [0.15, 0.2) is 82.7 Å². The quantitative estimate of drug-likeness (QED) is 0.442. The zero-order chi connectivity index (χ0) is 22.7. The molecule has 0 aromatic heterocycles. The van der Waals surface area contributed by atoms with E-state index in [4.69, 9.17) is 21.3 Å². The number of amides is 1. The molecule has 0 radical (unpaired) electrons. The number of nitrogens with zero attached hydrogens (tertiary/aromatic N) is 2. The average Bonchev–Trinajstić information content (AvgIpc) is 3.11. The number of carbonyl (C=O) groups excluding carboxylic acids is 1. The Labute approximate surface area is 196 Å². The van der Waals surface area contributed by atoms with Crippen LogP contribution in [0.1, 0.15) is 24.1 Å². The van der Waals surface area contributed by atoms with Gasteiger partial charge in [-0.25, -0.2) is 4.99 Å². The number of hydrogen-bond acceptors (Lipinski definition) is 5. The lowest BCUT2D eigenvalue weighted by Gasteiger charge is -2.24. The fourth-order valence-corrected chi connectivity index (χ4v) is 4.67. The van der Waals surface area contributed by atoms with Crippen LogP contribution in [-0.2, 0) is 4.79 Å². The second kappa shape index (κ2) is 9.51. The molecule has 0 aliphatic carbocycles. The molecule has 32 heavy (non-hydrogen) atoms. The Balaban J connectivity index is 1.76. The summed E-state index contributed by atoms with van der Waals surface area (Å²) < 4.78 is 5.19. The summed E-state index contributed by atoms with van der Waals surface area (Å²) in [5.41, 5.74) is 2.43. The second-order valence-electron chi connectivity index (χ2n) is 7.16. The molecule has 1 atom stereocenters. The monoisotopic (exact) mass is 464 g/mol. The van der Waals surface area contributed by atoms with Crippen LogP contribution in [-0.4, -0.2) is 28.2 Å². The molecule has 4 rings (SSSR count). The van der Waals surface area contributed by atoms with Crippen LogP contribution < -0.4 is 4.74 Å². The summed E-state index contributed by atoms with van der Waals surface area (Å²) in [5, 5.41) is 10.8. The number of ether oxygens (including phenoxy) is 1. The number of phenols is 1. The van der Waals surface area contributed by atoms with Gasteiger partial charge in [0.05, 0.1) is 28.8 Å². The minimum Gasteiger partial charge on any atom is -0.503 e. The molecular weight excluding hydrogens is 444 g/mol. The summed E-state index contributed by atoms with van der Waals surface area (Å²) in [5.74, 6) is -0.0379. The SMILES string of the molecule is COc1cc(/C=C2/SC(=Nc3ccccc3)N([C@H](C)c3ccccc3)C2=O)cc(Cl)c1O. The van der Waals surface area contributed by atoms with E-state index in [2.05, 4.69) is 0 Å². The van der Waals surface area contributed by atoms with Gasteiger partial charge in [-0.15, -0.1) is 0 Å². The van der Waals surface area contributed by atoms with E-state index in [-0.39, 0.29) is 28.5 Å². The van der Waals surface area contributed by atoms with Gasteiger partial charge >= 0.3 is 0 Å². The molecule has 3 aromatic carbocycles. The number of thioether (sulfide) groups is 1. The molecule has 3 aromatic rings. The first kappa shape index (κ1) is 22.0. The first-order chi connectivity index (χ1) is 15.5. The molecule has 0 unspecified atom stereocenters. The average molecular weight is 465 g/mol. The number of hydrogen-bond donors (Lipinski definition) is 1. The highest BCUT2D eigenvalue weighted by atomic mass is 35.5. The van der Waals surface area contributed by atoms with E-state index >= 15 is 0 Å². The highest BCUT2D eigenvalue weighted by Crippen LogP contribution is 2.41. The molecule has 0 saturated carbocycles. The van der Waals surface area contributed by atoms with Crippen LogP contribution in [0.5, 0.6) is 11.5 Å². The lowest BCUT2D eigenvalue weighted by molar-refractivity contribution is -0.123. The molecule has 1 aliphatic rings. The van der Waals surface area contributed by atoms with Crippen molar-refractivity contribution in [1.82, 2.24) is 4.90 Å². The van der Waals surface area contributed by atoms with Crippen molar-refractivity contribution in [3.05, 3.63) is 93.9 Å². The van der Waals surface area contributed by atoms with Gasteiger partial charge in [0, 0.05) is 0 Å². The Bertz CT molecular complexity index is 1200. The summed E-state index contributed by atoms with van der Waals surface area (Å²) in [4.78, 5) is 20.4. The van der Waals surface area contributed by atoms with E-state index in [9.17, 15) is 9.90 Å². The predicted octanol–water partition coefficient (Wildman–Crippen LogP) is 6.42. The Hall–Kier alpha value is -3.22. The lowest BCUT2D eigenvalue weighted by atomic mass is 10.1. The van der Waals surface area contributed by atoms with Crippen molar-refractivity contribution in [3.8, 4) is 11.5 Å². The van der Waals surface area contributed by atoms with Crippen LogP contribution in [0, 0.1) is 0 Å². The molecule has 1 aliphatic heterocycles. The lowest BCUT2D eigenvalue weighted by Crippen LogP contribution is -2.32. The molecule has 162 valence electrons. The van der Waals surface area contributed by atoms with E-state index in [1.54, 1.807) is 23.1 Å². The van der Waals surface area contributed by atoms with Crippen molar-refractivity contribution < 1.29 is 14.6 Å². The molecule has 1 saturated heterocycles. The van der Waals surface area contributed by atoms with Gasteiger partial charge in [0.1, 0.15) is 0 Å². The summed E-state index contributed by atoms with van der Waals surface area (Å²) in [7, 11) is 1.45. The van der Waals surface area contributed by atoms with Crippen LogP contribution in [0.4, 0.5) is 5.69 Å². The molecule has 1 N–H and O–H groups in total. The predicted molar refractivity (Wildman–Crippen MR) is 130 cm³/mol. The Kier molecular flexibility index (Phi) is 6.53. The maximum absolute atomic E-state index is 13.5. The highest BCUT2D eigenvalue weighted by molar-refractivity contribution is 8.18. The van der Waals surface area contributed by atoms with E-state index in [1.807, 2.05) is 67.6 Å². The van der Waals surface area contributed by atoms with E-state index in [0.29, 0.717) is 15.6 Å². The summed E-state index contributed by atoms with van der Waals surface area (Å²) in [6.07, 6.45) is 1.74. The topological polar surface area (TPSA) is 62.1 Å². The largest absolute Gasteiger partial charge is 0.503 e. The first-order valence-electron chi connectivity index (χ1n) is 9.96. The number of halogens is 1. The minimum atomic E-state index is -0.206. The highest BCUT2D eigenvalue weighted by Gasteiger charge is 2.37. The van der Waals surface area contributed by atoms with Gasteiger partial charge in [0.25, 0.3) is 5.91 Å². The van der Waals surface area contributed by atoms with Crippen molar-refractivity contribution in [2.24, 2.45) is 4.99 Å². The van der Waals surface area contributed by atoms with Crippen molar-refractivity contribution in [2.45, 2.75) is 13.0 Å². The van der Waals surface area contributed by atoms with E-state index in [0.717, 1.165) is 11.3 Å². The number of methoxy groups -OCH3 is 1. The van der Waals surface area contributed by atoms with Crippen LogP contribution in [0.3, 0.4) is 0 Å². The van der Waals surface area contributed by atoms with Gasteiger partial charge in [-0.3, -0.25) is 9.69 Å². The molecule has 1 heterocycles. The number of para-hydroxylation sites is 1. The standard InChI is InChI=1S/C25H21ClN2O3S/c1-16(18-9-5-3-6-10-18)28-24(30)22(32-25(28)27-19-11-7-4-8-12-19)15-17-13-20(26)23(29)21(14-17)31-2/h3-16,29H,1-2H3/b22-15+,27-25?/t16-/m1/s1. The number of rotatable bonds is 5. The number of phenolic OH excluding ortho intramolecular Hbond substituents is 1. The van der Waals surface area contributed by atoms with Crippen molar-refractivity contribution >= 4 is 46.2 Å². The number of benzene rings is 3. The molecule has 0 bridgehead atoms. The number of aliphatic imine (C=N–C) groups is 1. The third-order valence-corrected chi connectivity index (χ3v) is 6.33. The van der Waals surface area contributed by atoms with Crippen LogP contribution in [0.25, 0.3) is 6.08 Å². The molecule has 0 spiro atoms. The third-order valence-electron chi connectivity index (χ3n) is 5.06. The van der Waals surface area contributed by atoms with Gasteiger partial charge in [0.2, 0.25) is 0 Å². The van der Waals surface area contributed by atoms with Gasteiger partial charge in [-0.1, -0.05) is 60.1 Å². The molecule has 5 nitrogen and oxygen atoms in total. The van der Waals surface area contributed by atoms with Gasteiger partial charge in [-0.05, 0) is 60.2 Å². The Morgan fingerprint density at radius 1 is 1.09 bits per heavy atom. The summed E-state index contributed by atoms with van der Waals surface area (Å²) in [6, 6.07) is 22.4. The molecular formula is C25H21ClN2O3S. The minimum absolute atomic E-state index is 0.132. The Morgan fingerprint density at radius 2 is 1.75 bits per heavy atom. The fourth-order valence-electron chi connectivity index (χ4n) is 3.38. The number of carbonyl (C=O) groups is 1. The van der Waals surface area contributed by atoms with Crippen molar-refractivity contribution in [2.75, 3.05) is 7.11 Å². The van der Waals surface area contributed by atoms with Gasteiger partial charge in [0.15, 0.2) is 16.7 Å². The van der Waals surface area contributed by atoms with Crippen molar-refractivity contribution in [1.29, 1.82) is 0 Å². The fraction of sp³-hybridized carbons (Fsp3) is 0.120. The van der Waals surface area contributed by atoms with Gasteiger partial charge in [-0.2, -0.15) is 0 Å². The molecule has 1 amide bonds. The summed E-state index contributed by atoms with van der Waals surface area (Å²) >= 11 is 7.43.